The lowest BCUT2D eigenvalue weighted by Gasteiger charge is -2.43. The molecule has 2 aliphatic carbocycles. The number of carbonyl (C=O) groups is 2. The van der Waals surface area contributed by atoms with E-state index >= 15 is 0 Å². The van der Waals surface area contributed by atoms with Crippen LogP contribution in [0, 0.1) is 16.7 Å². The second kappa shape index (κ2) is 8.61. The second-order valence-corrected chi connectivity index (χ2v) is 12.5. The molecule has 3 atom stereocenters. The Morgan fingerprint density at radius 1 is 1.11 bits per heavy atom. The standard InChI is InChI=1S/C28H38N4O4/c1-26(2,3)35-25(34)36-31-14-15-32-20(17-31)21(29-22(32)18-10-8-7-9-11-18)23(33)30-24-27(4,5)19-12-13-28(24,6)16-19/h7-11,19,24H,12-17H2,1-6H3,(H,30,33). The second-order valence-electron chi connectivity index (χ2n) is 12.5. The topological polar surface area (TPSA) is 85.7 Å². The van der Waals surface area contributed by atoms with Crippen LogP contribution in [0.1, 0.15) is 77.0 Å². The summed E-state index contributed by atoms with van der Waals surface area (Å²) in [4.78, 5) is 36.5. The predicted octanol–water partition coefficient (Wildman–Crippen LogP) is 5.18. The maximum absolute atomic E-state index is 13.8. The van der Waals surface area contributed by atoms with Crippen molar-refractivity contribution in [2.24, 2.45) is 16.7 Å². The summed E-state index contributed by atoms with van der Waals surface area (Å²) < 4.78 is 7.40. The minimum atomic E-state index is -0.749. The van der Waals surface area contributed by atoms with E-state index < -0.39 is 11.8 Å². The van der Waals surface area contributed by atoms with Crippen LogP contribution >= 0.6 is 0 Å². The Kier molecular flexibility index (Phi) is 5.93. The molecule has 1 aliphatic heterocycles. The number of benzene rings is 1. The quantitative estimate of drug-likeness (QED) is 0.590. The summed E-state index contributed by atoms with van der Waals surface area (Å²) in [5.41, 5.74) is 1.59. The third kappa shape index (κ3) is 4.40. The molecule has 3 aliphatic rings. The first-order chi connectivity index (χ1) is 16.9. The molecule has 5 rings (SSSR count). The zero-order chi connectivity index (χ0) is 25.9. The predicted molar refractivity (Wildman–Crippen MR) is 136 cm³/mol. The molecule has 0 radical (unpaired) electrons. The minimum Gasteiger partial charge on any atom is -0.427 e. The molecule has 8 nitrogen and oxygen atoms in total. The van der Waals surface area contributed by atoms with E-state index in [1.165, 1.54) is 6.42 Å². The van der Waals surface area contributed by atoms with E-state index in [4.69, 9.17) is 14.6 Å². The van der Waals surface area contributed by atoms with Gasteiger partial charge in [0.05, 0.1) is 18.8 Å². The summed E-state index contributed by atoms with van der Waals surface area (Å²) in [5.74, 6) is 1.22. The zero-order valence-corrected chi connectivity index (χ0v) is 22.3. The van der Waals surface area contributed by atoms with E-state index in [2.05, 4.69) is 30.7 Å². The van der Waals surface area contributed by atoms with Gasteiger partial charge in [-0.1, -0.05) is 51.1 Å². The van der Waals surface area contributed by atoms with Gasteiger partial charge in [-0.2, -0.15) is 0 Å². The number of rotatable bonds is 4. The summed E-state index contributed by atoms with van der Waals surface area (Å²) in [5, 5.41) is 4.95. The minimum absolute atomic E-state index is 0.0383. The molecule has 194 valence electrons. The highest BCUT2D eigenvalue weighted by Crippen LogP contribution is 2.62. The van der Waals surface area contributed by atoms with Gasteiger partial charge in [0, 0.05) is 18.2 Å². The molecule has 1 aromatic carbocycles. The number of hydrogen-bond acceptors (Lipinski definition) is 6. The summed E-state index contributed by atoms with van der Waals surface area (Å²) in [6.45, 7) is 13.5. The first-order valence-corrected chi connectivity index (χ1v) is 13.0. The van der Waals surface area contributed by atoms with Crippen molar-refractivity contribution in [1.29, 1.82) is 0 Å². The Bertz CT molecular complexity index is 1160. The first kappa shape index (κ1) is 24.8. The molecule has 8 heteroatoms. The van der Waals surface area contributed by atoms with Crippen molar-refractivity contribution in [3.63, 3.8) is 0 Å². The summed E-state index contributed by atoms with van der Waals surface area (Å²) in [6.07, 6.45) is 2.77. The van der Waals surface area contributed by atoms with Crippen LogP contribution in [0.5, 0.6) is 0 Å². The Morgan fingerprint density at radius 2 is 1.83 bits per heavy atom. The highest BCUT2D eigenvalue weighted by atomic mass is 16.8. The van der Waals surface area contributed by atoms with E-state index in [-0.39, 0.29) is 29.3 Å². The van der Waals surface area contributed by atoms with Gasteiger partial charge in [-0.15, -0.1) is 5.06 Å². The Labute approximate surface area is 213 Å². The van der Waals surface area contributed by atoms with Crippen LogP contribution in [0.3, 0.4) is 0 Å². The maximum Gasteiger partial charge on any atom is 0.528 e. The molecular formula is C28H38N4O4. The van der Waals surface area contributed by atoms with Crippen LogP contribution < -0.4 is 5.32 Å². The van der Waals surface area contributed by atoms with Gasteiger partial charge in [0.1, 0.15) is 11.4 Å². The van der Waals surface area contributed by atoms with E-state index in [1.54, 1.807) is 25.8 Å². The van der Waals surface area contributed by atoms with Crippen molar-refractivity contribution < 1.29 is 19.2 Å². The lowest BCUT2D eigenvalue weighted by atomic mass is 9.68. The van der Waals surface area contributed by atoms with Crippen molar-refractivity contribution in [2.75, 3.05) is 6.54 Å². The molecule has 2 saturated carbocycles. The summed E-state index contributed by atoms with van der Waals surface area (Å²) >= 11 is 0. The van der Waals surface area contributed by atoms with Crippen LogP contribution in [-0.4, -0.2) is 44.9 Å². The van der Waals surface area contributed by atoms with Gasteiger partial charge in [0.15, 0.2) is 5.69 Å². The molecule has 2 aromatic rings. The number of hydroxylamine groups is 2. The third-order valence-corrected chi connectivity index (χ3v) is 8.36. The maximum atomic E-state index is 13.8. The van der Waals surface area contributed by atoms with Crippen molar-refractivity contribution in [3.05, 3.63) is 41.7 Å². The lowest BCUT2D eigenvalue weighted by molar-refractivity contribution is -0.155. The smallest absolute Gasteiger partial charge is 0.427 e. The summed E-state index contributed by atoms with van der Waals surface area (Å²) in [6, 6.07) is 9.99. The summed E-state index contributed by atoms with van der Waals surface area (Å²) in [7, 11) is 0. The highest BCUT2D eigenvalue weighted by molar-refractivity contribution is 5.94. The third-order valence-electron chi connectivity index (χ3n) is 8.36. The number of amides is 1. The average molecular weight is 495 g/mol. The van der Waals surface area contributed by atoms with E-state index in [0.717, 1.165) is 29.9 Å². The number of nitrogens with zero attached hydrogens (tertiary/aromatic N) is 3. The number of aromatic nitrogens is 2. The van der Waals surface area contributed by atoms with Crippen LogP contribution in [0.4, 0.5) is 4.79 Å². The monoisotopic (exact) mass is 494 g/mol. The molecule has 2 fully saturated rings. The van der Waals surface area contributed by atoms with E-state index in [1.807, 2.05) is 30.3 Å². The van der Waals surface area contributed by atoms with Crippen LogP contribution in [-0.2, 0) is 22.7 Å². The van der Waals surface area contributed by atoms with Crippen LogP contribution in [0.25, 0.3) is 11.4 Å². The van der Waals surface area contributed by atoms with Gasteiger partial charge < -0.3 is 19.5 Å². The number of carbonyl (C=O) groups excluding carboxylic acids is 2. The fraction of sp³-hybridized carbons (Fsp3) is 0.607. The normalized spacial score (nSPS) is 26.9. The number of ether oxygens (including phenoxy) is 1. The van der Waals surface area contributed by atoms with E-state index in [0.29, 0.717) is 24.7 Å². The molecule has 2 bridgehead atoms. The molecular weight excluding hydrogens is 456 g/mol. The van der Waals surface area contributed by atoms with Gasteiger partial charge in [-0.3, -0.25) is 4.79 Å². The largest absolute Gasteiger partial charge is 0.528 e. The zero-order valence-electron chi connectivity index (χ0n) is 22.3. The molecule has 0 saturated heterocycles. The van der Waals surface area contributed by atoms with Gasteiger partial charge in [-0.25, -0.2) is 9.78 Å². The molecule has 2 heterocycles. The van der Waals surface area contributed by atoms with Crippen molar-refractivity contribution in [2.45, 2.75) is 85.5 Å². The van der Waals surface area contributed by atoms with Gasteiger partial charge >= 0.3 is 6.16 Å². The SMILES string of the molecule is CC(C)(C)OC(=O)ON1CCn2c(-c3ccccc3)nc(C(=O)NC3C4(C)CCC(C4)C3(C)C)c2C1. The highest BCUT2D eigenvalue weighted by Gasteiger charge is 2.59. The van der Waals surface area contributed by atoms with Crippen LogP contribution in [0.15, 0.2) is 30.3 Å². The Morgan fingerprint density at radius 3 is 2.47 bits per heavy atom. The lowest BCUT2D eigenvalue weighted by Crippen LogP contribution is -2.52. The van der Waals surface area contributed by atoms with Crippen molar-refractivity contribution >= 4 is 12.1 Å². The molecule has 3 unspecified atom stereocenters. The van der Waals surface area contributed by atoms with Crippen LogP contribution in [0.2, 0.25) is 0 Å². The van der Waals surface area contributed by atoms with Crippen molar-refractivity contribution in [3.8, 4) is 11.4 Å². The number of imidazole rings is 1. The van der Waals surface area contributed by atoms with Gasteiger partial charge in [0.25, 0.3) is 5.91 Å². The fourth-order valence-electron chi connectivity index (χ4n) is 6.65. The number of fused-ring (bicyclic) bond motifs is 3. The fourth-order valence-corrected chi connectivity index (χ4v) is 6.65. The molecule has 1 N–H and O–H groups in total. The average Bonchev–Trinajstić information content (AvgIpc) is 3.42. The van der Waals surface area contributed by atoms with Gasteiger partial charge in [-0.05, 0) is 56.8 Å². The van der Waals surface area contributed by atoms with Crippen molar-refractivity contribution in [1.82, 2.24) is 19.9 Å². The molecule has 36 heavy (non-hydrogen) atoms. The number of hydrogen-bond donors (Lipinski definition) is 1. The van der Waals surface area contributed by atoms with Gasteiger partial charge in [0.2, 0.25) is 0 Å². The van der Waals surface area contributed by atoms with E-state index in [9.17, 15) is 9.59 Å². The molecule has 0 spiro atoms. The number of nitrogens with one attached hydrogen (secondary N) is 1. The molecule has 1 amide bonds. The molecule has 1 aromatic heterocycles. The first-order valence-electron chi connectivity index (χ1n) is 13.0. The Hall–Kier alpha value is -2.87. The Balaban J connectivity index is 1.44.